The lowest BCUT2D eigenvalue weighted by atomic mass is 10.0. The first kappa shape index (κ1) is 17.6. The van der Waals surface area contributed by atoms with Crippen molar-refractivity contribution in [2.24, 2.45) is 0 Å². The van der Waals surface area contributed by atoms with E-state index in [0.717, 1.165) is 16.7 Å². The van der Waals surface area contributed by atoms with Crippen LogP contribution < -0.4 is 0 Å². The third-order valence-electron chi connectivity index (χ3n) is 3.70. The van der Waals surface area contributed by atoms with Crippen LogP contribution >= 0.6 is 7.60 Å². The standard InChI is InChI=1S/C18H20FO3P/c1-14-7-6-9-15(17(14)13-23(20,21-2)22-3)11-12-16-8-4-5-10-18(16)19/h4-12H,13H2,1-3H3/b12-11+. The predicted molar refractivity (Wildman–Crippen MR) is 91.8 cm³/mol. The number of rotatable bonds is 6. The van der Waals surface area contributed by atoms with Gasteiger partial charge < -0.3 is 9.05 Å². The van der Waals surface area contributed by atoms with Crippen LogP contribution in [0, 0.1) is 12.7 Å². The molecule has 0 atom stereocenters. The summed E-state index contributed by atoms with van der Waals surface area (Å²) in [6, 6.07) is 12.3. The minimum Gasteiger partial charge on any atom is -0.312 e. The Bertz CT molecular complexity index is 748. The summed E-state index contributed by atoms with van der Waals surface area (Å²) in [4.78, 5) is 0. The number of hydrogen-bond acceptors (Lipinski definition) is 3. The van der Waals surface area contributed by atoms with Gasteiger partial charge in [-0.15, -0.1) is 0 Å². The molecular formula is C18H20FO3P. The Labute approximate surface area is 136 Å². The maximum atomic E-state index is 13.7. The van der Waals surface area contributed by atoms with Crippen molar-refractivity contribution in [1.82, 2.24) is 0 Å². The first-order valence-electron chi connectivity index (χ1n) is 7.21. The highest BCUT2D eigenvalue weighted by atomic mass is 31.2. The van der Waals surface area contributed by atoms with Gasteiger partial charge >= 0.3 is 7.60 Å². The Hall–Kier alpha value is -1.74. The average Bonchev–Trinajstić information content (AvgIpc) is 2.56. The molecule has 3 nitrogen and oxygen atoms in total. The molecule has 0 aliphatic carbocycles. The second-order valence-electron chi connectivity index (χ2n) is 5.13. The van der Waals surface area contributed by atoms with Crippen molar-refractivity contribution < 1.29 is 18.0 Å². The second kappa shape index (κ2) is 7.69. The van der Waals surface area contributed by atoms with Gasteiger partial charge in [0.1, 0.15) is 5.82 Å². The molecule has 0 fully saturated rings. The van der Waals surface area contributed by atoms with Gasteiger partial charge in [0.2, 0.25) is 0 Å². The molecule has 0 heterocycles. The van der Waals surface area contributed by atoms with Crippen LogP contribution in [-0.2, 0) is 19.8 Å². The van der Waals surface area contributed by atoms with Gasteiger partial charge in [-0.25, -0.2) is 4.39 Å². The Morgan fingerprint density at radius 3 is 2.26 bits per heavy atom. The Morgan fingerprint density at radius 1 is 1.00 bits per heavy atom. The SMILES string of the molecule is COP(=O)(Cc1c(C)cccc1/C=C/c1ccccc1F)OC. The van der Waals surface area contributed by atoms with Crippen LogP contribution in [0.1, 0.15) is 22.3 Å². The first-order chi connectivity index (χ1) is 11.0. The zero-order chi connectivity index (χ0) is 16.9. The monoisotopic (exact) mass is 334 g/mol. The van der Waals surface area contributed by atoms with Crippen LogP contribution in [0.4, 0.5) is 4.39 Å². The van der Waals surface area contributed by atoms with Gasteiger partial charge in [0.25, 0.3) is 0 Å². The van der Waals surface area contributed by atoms with Crippen molar-refractivity contribution in [3.05, 3.63) is 70.5 Å². The van der Waals surface area contributed by atoms with Gasteiger partial charge in [0.15, 0.2) is 0 Å². The number of benzene rings is 2. The highest BCUT2D eigenvalue weighted by Crippen LogP contribution is 2.50. The molecule has 23 heavy (non-hydrogen) atoms. The molecule has 2 rings (SSSR count). The summed E-state index contributed by atoms with van der Waals surface area (Å²) in [6.07, 6.45) is 3.69. The van der Waals surface area contributed by atoms with Crippen molar-refractivity contribution in [2.45, 2.75) is 13.1 Å². The quantitative estimate of drug-likeness (QED) is 0.532. The zero-order valence-corrected chi connectivity index (χ0v) is 14.3. The molecule has 0 radical (unpaired) electrons. The highest BCUT2D eigenvalue weighted by Gasteiger charge is 2.23. The van der Waals surface area contributed by atoms with E-state index < -0.39 is 7.60 Å². The molecule has 2 aromatic rings. The van der Waals surface area contributed by atoms with Gasteiger partial charge in [-0.2, -0.15) is 0 Å². The van der Waals surface area contributed by atoms with Gasteiger partial charge in [0, 0.05) is 19.8 Å². The molecule has 5 heteroatoms. The lowest BCUT2D eigenvalue weighted by Gasteiger charge is -2.17. The fourth-order valence-corrected chi connectivity index (χ4v) is 3.51. The van der Waals surface area contributed by atoms with E-state index in [1.165, 1.54) is 20.3 Å². The summed E-state index contributed by atoms with van der Waals surface area (Å²) < 4.78 is 36.2. The zero-order valence-electron chi connectivity index (χ0n) is 13.5. The Morgan fingerprint density at radius 2 is 1.61 bits per heavy atom. The first-order valence-corrected chi connectivity index (χ1v) is 8.93. The highest BCUT2D eigenvalue weighted by molar-refractivity contribution is 7.52. The van der Waals surface area contributed by atoms with Crippen LogP contribution in [0.15, 0.2) is 42.5 Å². The van der Waals surface area contributed by atoms with Crippen molar-refractivity contribution in [1.29, 1.82) is 0 Å². The van der Waals surface area contributed by atoms with E-state index in [1.807, 2.05) is 31.2 Å². The maximum absolute atomic E-state index is 13.7. The third kappa shape index (κ3) is 4.38. The van der Waals surface area contributed by atoms with Gasteiger partial charge in [-0.1, -0.05) is 48.6 Å². The van der Waals surface area contributed by atoms with Crippen molar-refractivity contribution in [2.75, 3.05) is 14.2 Å². The summed E-state index contributed by atoms with van der Waals surface area (Å²) >= 11 is 0. The molecule has 0 aliphatic rings. The maximum Gasteiger partial charge on any atom is 0.334 e. The fraction of sp³-hybridized carbons (Fsp3) is 0.222. The van der Waals surface area contributed by atoms with Crippen LogP contribution in [0.25, 0.3) is 12.2 Å². The van der Waals surface area contributed by atoms with Crippen LogP contribution in [-0.4, -0.2) is 14.2 Å². The molecule has 0 saturated carbocycles. The molecule has 0 unspecified atom stereocenters. The average molecular weight is 334 g/mol. The normalized spacial score (nSPS) is 12.0. The van der Waals surface area contributed by atoms with Gasteiger partial charge in [-0.3, -0.25) is 4.57 Å². The largest absolute Gasteiger partial charge is 0.334 e. The van der Waals surface area contributed by atoms with Gasteiger partial charge in [-0.05, 0) is 29.7 Å². The fourth-order valence-electron chi connectivity index (χ4n) is 2.28. The Kier molecular flexibility index (Phi) is 5.89. The van der Waals surface area contributed by atoms with Crippen molar-refractivity contribution in [3.8, 4) is 0 Å². The van der Waals surface area contributed by atoms with E-state index in [0.29, 0.717) is 5.56 Å². The molecule has 2 aromatic carbocycles. The lowest BCUT2D eigenvalue weighted by molar-refractivity contribution is 0.274. The summed E-state index contributed by atoms with van der Waals surface area (Å²) in [5.41, 5.74) is 3.21. The number of halogens is 1. The lowest BCUT2D eigenvalue weighted by Crippen LogP contribution is -1.98. The smallest absolute Gasteiger partial charge is 0.312 e. The van der Waals surface area contributed by atoms with E-state index in [1.54, 1.807) is 24.3 Å². The van der Waals surface area contributed by atoms with E-state index >= 15 is 0 Å². The van der Waals surface area contributed by atoms with E-state index in [2.05, 4.69) is 0 Å². The number of hydrogen-bond donors (Lipinski definition) is 0. The Balaban J connectivity index is 2.38. The van der Waals surface area contributed by atoms with Crippen LogP contribution in [0.2, 0.25) is 0 Å². The summed E-state index contributed by atoms with van der Waals surface area (Å²) in [5, 5.41) is 0. The van der Waals surface area contributed by atoms with Crippen LogP contribution in [0.3, 0.4) is 0 Å². The molecule has 0 N–H and O–H groups in total. The molecular weight excluding hydrogens is 314 g/mol. The summed E-state index contributed by atoms with van der Waals surface area (Å²) in [5.74, 6) is -0.280. The van der Waals surface area contributed by atoms with Crippen molar-refractivity contribution >= 4 is 19.7 Å². The third-order valence-corrected chi connectivity index (χ3v) is 5.52. The van der Waals surface area contributed by atoms with E-state index in [-0.39, 0.29) is 12.0 Å². The topological polar surface area (TPSA) is 35.5 Å². The van der Waals surface area contributed by atoms with E-state index in [9.17, 15) is 8.96 Å². The molecule has 0 aliphatic heterocycles. The molecule has 0 aromatic heterocycles. The molecule has 0 spiro atoms. The molecule has 122 valence electrons. The van der Waals surface area contributed by atoms with Crippen LogP contribution in [0.5, 0.6) is 0 Å². The second-order valence-corrected chi connectivity index (χ2v) is 7.40. The number of aryl methyl sites for hydroxylation is 1. The predicted octanol–water partition coefficient (Wildman–Crippen LogP) is 5.29. The summed E-state index contributed by atoms with van der Waals surface area (Å²) in [6.45, 7) is 1.94. The summed E-state index contributed by atoms with van der Waals surface area (Å²) in [7, 11) is -0.425. The molecule has 0 saturated heterocycles. The minimum atomic E-state index is -3.17. The van der Waals surface area contributed by atoms with Gasteiger partial charge in [0.05, 0.1) is 6.16 Å². The minimum absolute atomic E-state index is 0.170. The van der Waals surface area contributed by atoms with E-state index in [4.69, 9.17) is 9.05 Å². The molecule has 0 bridgehead atoms. The van der Waals surface area contributed by atoms with Crippen molar-refractivity contribution in [3.63, 3.8) is 0 Å². The molecule has 0 amide bonds.